The van der Waals surface area contributed by atoms with Crippen LogP contribution in [0, 0.1) is 24.7 Å². The van der Waals surface area contributed by atoms with Crippen molar-refractivity contribution in [2.45, 2.75) is 39.0 Å². The molecule has 63 heavy (non-hydrogen) atoms. The molecule has 2 heterocycles. The molecule has 6 heteroatoms. The summed E-state index contributed by atoms with van der Waals surface area (Å²) in [6.07, 6.45) is 24.2. The summed E-state index contributed by atoms with van der Waals surface area (Å²) in [6, 6.07) is 63.5. The second-order valence-electron chi connectivity index (χ2n) is 17.0. The zero-order chi connectivity index (χ0) is 42.4. The summed E-state index contributed by atoms with van der Waals surface area (Å²) in [5.41, 5.74) is 7.26. The Bertz CT molecular complexity index is 2660. The Kier molecular flexibility index (Phi) is 16.7. The molecule has 0 N–H and O–H groups in total. The molecular formula is C57H52AgAuP2Si2+2. The number of hydrogen-bond acceptors (Lipinski definition) is 0. The monoisotopic (exact) mass is 1160 g/mol. The van der Waals surface area contributed by atoms with E-state index >= 15 is 0 Å². The molecule has 318 valence electrons. The molecule has 0 amide bonds. The summed E-state index contributed by atoms with van der Waals surface area (Å²) in [6.45, 7) is 9.52. The summed E-state index contributed by atoms with van der Waals surface area (Å²) >= 11 is 0. The normalized spacial score (nSPS) is 14.4. The van der Waals surface area contributed by atoms with Gasteiger partial charge in [-0.1, -0.05) is 158 Å². The van der Waals surface area contributed by atoms with E-state index in [0.717, 1.165) is 11.1 Å². The molecule has 3 aliphatic rings. The average Bonchev–Trinajstić information content (AvgIpc) is 3.69. The molecule has 0 saturated heterocycles. The molecule has 0 radical (unpaired) electrons. The zero-order valence-corrected chi connectivity index (χ0v) is 43.8. The van der Waals surface area contributed by atoms with Crippen LogP contribution in [0.5, 0.6) is 0 Å². The van der Waals surface area contributed by atoms with Gasteiger partial charge < -0.3 is 12.8 Å². The third-order valence-electron chi connectivity index (χ3n) is 12.5. The van der Waals surface area contributed by atoms with Gasteiger partial charge in [-0.25, -0.2) is 0 Å². The van der Waals surface area contributed by atoms with Crippen LogP contribution in [0.1, 0.15) is 24.0 Å². The minimum Gasteiger partial charge on any atom is -0.366 e. The molecule has 7 aromatic rings. The average molecular weight is 1160 g/mol. The Hall–Kier alpha value is -4.09. The molecular weight excluding hydrogens is 1110 g/mol. The Morgan fingerprint density at radius 2 is 0.841 bits per heavy atom. The predicted octanol–water partition coefficient (Wildman–Crippen LogP) is 10.4. The fourth-order valence-electron chi connectivity index (χ4n) is 9.24. The predicted molar refractivity (Wildman–Crippen MR) is 276 cm³/mol. The van der Waals surface area contributed by atoms with Gasteiger partial charge in [0.25, 0.3) is 0 Å². The van der Waals surface area contributed by atoms with Gasteiger partial charge in [-0.3, -0.25) is 11.8 Å². The molecule has 0 spiro atoms. The molecule has 1 unspecified atom stereocenters. The van der Waals surface area contributed by atoms with Crippen LogP contribution in [0.15, 0.2) is 199 Å². The van der Waals surface area contributed by atoms with Crippen LogP contribution in [-0.4, -0.2) is 22.1 Å². The van der Waals surface area contributed by atoms with Crippen LogP contribution >= 0.6 is 15.8 Å². The molecule has 0 saturated carbocycles. The Morgan fingerprint density at radius 1 is 0.460 bits per heavy atom. The van der Waals surface area contributed by atoms with E-state index in [1.54, 1.807) is 5.31 Å². The maximum atomic E-state index is 7.26. The van der Waals surface area contributed by atoms with Crippen LogP contribution in [0.3, 0.4) is 0 Å². The van der Waals surface area contributed by atoms with Gasteiger partial charge in [0.05, 0.1) is 5.31 Å². The Labute approximate surface area is 412 Å². The van der Waals surface area contributed by atoms with Gasteiger partial charge in [-0.2, -0.15) is 0 Å². The minimum atomic E-state index is -1.55. The maximum absolute atomic E-state index is 7.26. The number of rotatable bonds is 6. The van der Waals surface area contributed by atoms with Gasteiger partial charge in [-0.15, -0.1) is 35.4 Å². The summed E-state index contributed by atoms with van der Waals surface area (Å²) in [7, 11) is -4.72. The van der Waals surface area contributed by atoms with Crippen molar-refractivity contribution in [3.63, 3.8) is 0 Å². The fraction of sp³-hybridized carbons (Fsp3) is 0.123. The molecule has 0 bridgehead atoms. The summed E-state index contributed by atoms with van der Waals surface area (Å²) in [5.74, 6) is 6.27. The molecule has 1 atom stereocenters. The standard InChI is InChI=1S/C25H24P2.2C16H13Si.Ag.Au/c1-5-13-22(14-6-1)26(23-15-7-2-8-16-23)21-27(24-17-9-3-10-18-24)25-19-11-4-12-20-25;2*1-4-12-9-10-14-13-7-5-6-8-15(13)17(2,3)16(14)11-12;;/h1-3,5-11,13-20H,4,12,21H2;2*5-11H,2-3H3;;/q;2*-1;2*+1/p+2. The number of hydrogen-bond donors (Lipinski definition) is 0. The second-order valence-corrected chi connectivity index (χ2v) is 31.3. The first-order valence-electron chi connectivity index (χ1n) is 21.3. The number of fused-ring (bicyclic) bond motifs is 6. The molecule has 10 rings (SSSR count). The van der Waals surface area contributed by atoms with Crippen molar-refractivity contribution in [3.8, 4) is 34.1 Å². The molecule has 0 fully saturated rings. The Morgan fingerprint density at radius 3 is 1.24 bits per heavy atom. The quantitative estimate of drug-likeness (QED) is 0.0674. The molecule has 2 aliphatic heterocycles. The first kappa shape index (κ1) is 48.4. The van der Waals surface area contributed by atoms with Gasteiger partial charge in [0, 0.05) is 0 Å². The first-order chi connectivity index (χ1) is 29.7. The van der Waals surface area contributed by atoms with Gasteiger partial charge in [0.1, 0.15) is 47.9 Å². The molecule has 0 nitrogen and oxygen atoms in total. The largest absolute Gasteiger partial charge is 1.00 e. The van der Waals surface area contributed by atoms with Crippen molar-refractivity contribution in [3.05, 3.63) is 223 Å². The van der Waals surface area contributed by atoms with E-state index in [1.807, 2.05) is 12.1 Å². The fourth-order valence-corrected chi connectivity index (χ4v) is 23.3. The van der Waals surface area contributed by atoms with Crippen molar-refractivity contribution in [2.75, 3.05) is 5.90 Å². The van der Waals surface area contributed by atoms with E-state index in [2.05, 4.69) is 220 Å². The summed E-state index contributed by atoms with van der Waals surface area (Å²) in [4.78, 5) is 0. The zero-order valence-electron chi connectivity index (χ0n) is 36.2. The van der Waals surface area contributed by atoms with E-state index in [-0.39, 0.29) is 44.8 Å². The van der Waals surface area contributed by atoms with Crippen molar-refractivity contribution >= 4 is 68.7 Å². The topological polar surface area (TPSA) is 0 Å². The van der Waals surface area contributed by atoms with E-state index < -0.39 is 32.0 Å². The van der Waals surface area contributed by atoms with Crippen LogP contribution < -0.4 is 36.7 Å². The smallest absolute Gasteiger partial charge is 0.366 e. The molecule has 7 aromatic carbocycles. The number of allylic oxidation sites excluding steroid dienone is 4. The molecule has 0 aromatic heterocycles. The van der Waals surface area contributed by atoms with E-state index in [1.165, 1.54) is 77.7 Å². The van der Waals surface area contributed by atoms with Crippen LogP contribution in [0.4, 0.5) is 0 Å². The van der Waals surface area contributed by atoms with Gasteiger partial charge >= 0.3 is 44.8 Å². The summed E-state index contributed by atoms with van der Waals surface area (Å²) < 4.78 is 0. The van der Waals surface area contributed by atoms with Crippen molar-refractivity contribution in [2.24, 2.45) is 0 Å². The van der Waals surface area contributed by atoms with E-state index in [4.69, 9.17) is 12.8 Å². The SMILES string of the molecule is C1=CC([PH+](C[PH+](c2ccccc2)c2ccccc2)c2ccccc2)=CCC1.[Ag+].[Au+].[C-]#Cc1ccc2c(c1)[Si](C)(C)c1ccccc1-2.[C-]#Cc1ccc2c(c1)[Si](C)(C)c1ccccc1-2. The third kappa shape index (κ3) is 10.4. The number of benzene rings is 7. The minimum absolute atomic E-state index is 0. The van der Waals surface area contributed by atoms with Crippen LogP contribution in [-0.2, 0) is 44.8 Å². The van der Waals surface area contributed by atoms with Crippen LogP contribution in [0.25, 0.3) is 22.3 Å². The van der Waals surface area contributed by atoms with E-state index in [0.29, 0.717) is 0 Å². The van der Waals surface area contributed by atoms with E-state index in [9.17, 15) is 0 Å². The Balaban J connectivity index is 0.000000161. The first-order valence-corrected chi connectivity index (χ1v) is 30.7. The summed E-state index contributed by atoms with van der Waals surface area (Å²) in [5, 5.41) is 12.1. The van der Waals surface area contributed by atoms with Crippen LogP contribution in [0.2, 0.25) is 26.2 Å². The van der Waals surface area contributed by atoms with Gasteiger partial charge in [0.2, 0.25) is 0 Å². The van der Waals surface area contributed by atoms with Crippen molar-refractivity contribution in [1.29, 1.82) is 0 Å². The van der Waals surface area contributed by atoms with Crippen molar-refractivity contribution in [1.82, 2.24) is 0 Å². The second kappa shape index (κ2) is 21.7. The molecule has 1 aliphatic carbocycles. The maximum Gasteiger partial charge on any atom is 1.00 e. The third-order valence-corrected chi connectivity index (χ3v) is 26.6. The van der Waals surface area contributed by atoms with Gasteiger partial charge in [-0.05, 0) is 94.0 Å². The van der Waals surface area contributed by atoms with Gasteiger partial charge in [0.15, 0.2) is 5.90 Å². The van der Waals surface area contributed by atoms with Crippen molar-refractivity contribution < 1.29 is 44.8 Å².